The molecule has 0 radical (unpaired) electrons. The number of hydrogen-bond acceptors (Lipinski definition) is 4. The van der Waals surface area contributed by atoms with Gasteiger partial charge in [0, 0.05) is 5.69 Å². The quantitative estimate of drug-likeness (QED) is 0.554. The number of fused-ring (bicyclic) bond motifs is 2. The Hall–Kier alpha value is -3.93. The minimum atomic E-state index is -0.760. The Morgan fingerprint density at radius 1 is 0.897 bits per heavy atom. The van der Waals surface area contributed by atoms with Crippen LogP contribution in [-0.4, -0.2) is 11.0 Å². The molecule has 29 heavy (non-hydrogen) atoms. The van der Waals surface area contributed by atoms with E-state index in [0.717, 1.165) is 0 Å². The Bertz CT molecular complexity index is 1310. The molecule has 1 amide bonds. The fourth-order valence-corrected chi connectivity index (χ4v) is 3.76. The maximum absolute atomic E-state index is 13.5. The van der Waals surface area contributed by atoms with Crippen molar-refractivity contribution in [3.63, 3.8) is 0 Å². The number of nitrogens with zero attached hydrogens (tertiary/aromatic N) is 1. The van der Waals surface area contributed by atoms with E-state index in [4.69, 9.17) is 4.42 Å². The van der Waals surface area contributed by atoms with Gasteiger partial charge in [0.2, 0.25) is 5.76 Å². The number of hydrogen-bond donors (Lipinski definition) is 1. The first-order valence-electron chi connectivity index (χ1n) is 8.98. The lowest BCUT2D eigenvalue weighted by Crippen LogP contribution is -2.29. The summed E-state index contributed by atoms with van der Waals surface area (Å²) in [6, 6.07) is 17.7. The predicted molar refractivity (Wildman–Crippen MR) is 106 cm³/mol. The highest BCUT2D eigenvalue weighted by Crippen LogP contribution is 2.41. The standard InChI is InChI=1S/C23H14FNO4/c24-14-7-9-15(10-8-14)25-20(13-5-11-16(26)12-6-13)19-21(27)17-3-1-2-4-18(17)29-22(19)23(25)28/h1-12,20,26H. The molecule has 1 aromatic heterocycles. The number of carbonyl (C=O) groups is 1. The lowest BCUT2D eigenvalue weighted by molar-refractivity contribution is 0.0971. The molecule has 6 heteroatoms. The van der Waals surface area contributed by atoms with Crippen molar-refractivity contribution in [2.45, 2.75) is 6.04 Å². The predicted octanol–water partition coefficient (Wildman–Crippen LogP) is 4.39. The number of para-hydroxylation sites is 1. The van der Waals surface area contributed by atoms with Gasteiger partial charge >= 0.3 is 0 Å². The van der Waals surface area contributed by atoms with Gasteiger partial charge in [0.05, 0.1) is 17.0 Å². The molecule has 0 fully saturated rings. The summed E-state index contributed by atoms with van der Waals surface area (Å²) in [4.78, 5) is 28.0. The summed E-state index contributed by atoms with van der Waals surface area (Å²) in [6.45, 7) is 0. The van der Waals surface area contributed by atoms with E-state index in [1.54, 1.807) is 36.4 Å². The topological polar surface area (TPSA) is 70.8 Å². The van der Waals surface area contributed by atoms with E-state index in [0.29, 0.717) is 22.2 Å². The highest BCUT2D eigenvalue weighted by atomic mass is 19.1. The first-order valence-corrected chi connectivity index (χ1v) is 8.98. The largest absolute Gasteiger partial charge is 0.508 e. The van der Waals surface area contributed by atoms with Crippen LogP contribution in [0.25, 0.3) is 11.0 Å². The highest BCUT2D eigenvalue weighted by molar-refractivity contribution is 6.10. The lowest BCUT2D eigenvalue weighted by Gasteiger charge is -2.25. The molecule has 3 aromatic carbocycles. The molecule has 2 heterocycles. The van der Waals surface area contributed by atoms with E-state index in [1.165, 1.54) is 41.3 Å². The fourth-order valence-electron chi connectivity index (χ4n) is 3.76. The number of carbonyl (C=O) groups excluding carboxylic acids is 1. The van der Waals surface area contributed by atoms with Crippen LogP contribution < -0.4 is 10.3 Å². The second kappa shape index (κ2) is 6.31. The second-order valence-electron chi connectivity index (χ2n) is 6.82. The van der Waals surface area contributed by atoms with Gasteiger partial charge in [0.1, 0.15) is 17.1 Å². The third kappa shape index (κ3) is 2.61. The number of anilines is 1. The van der Waals surface area contributed by atoms with Crippen LogP contribution in [0, 0.1) is 5.82 Å². The Labute approximate surface area is 164 Å². The molecule has 0 bridgehead atoms. The zero-order valence-electron chi connectivity index (χ0n) is 15.0. The zero-order chi connectivity index (χ0) is 20.1. The molecule has 0 aliphatic carbocycles. The van der Waals surface area contributed by atoms with E-state index in [1.807, 2.05) is 0 Å². The number of amides is 1. The van der Waals surface area contributed by atoms with E-state index in [2.05, 4.69) is 0 Å². The first-order chi connectivity index (χ1) is 14.0. The molecule has 1 aliphatic heterocycles. The van der Waals surface area contributed by atoms with Crippen molar-refractivity contribution in [1.29, 1.82) is 0 Å². The lowest BCUT2D eigenvalue weighted by atomic mass is 9.98. The van der Waals surface area contributed by atoms with Gasteiger partial charge in [-0.15, -0.1) is 0 Å². The van der Waals surface area contributed by atoms with Gasteiger partial charge in [0.15, 0.2) is 5.43 Å². The Kier molecular flexibility index (Phi) is 3.74. The SMILES string of the molecule is O=C1c2oc3ccccc3c(=O)c2C(c2ccc(O)cc2)N1c1ccc(F)cc1. The minimum absolute atomic E-state index is 0.0314. The maximum Gasteiger partial charge on any atom is 0.295 e. The molecule has 0 spiro atoms. The van der Waals surface area contributed by atoms with E-state index >= 15 is 0 Å². The summed E-state index contributed by atoms with van der Waals surface area (Å²) in [5.41, 5.74) is 1.32. The number of phenols is 1. The van der Waals surface area contributed by atoms with Gasteiger partial charge < -0.3 is 9.52 Å². The van der Waals surface area contributed by atoms with Crippen LogP contribution in [0.4, 0.5) is 10.1 Å². The number of rotatable bonds is 2. The van der Waals surface area contributed by atoms with Gasteiger partial charge in [0.25, 0.3) is 5.91 Å². The summed E-state index contributed by atoms with van der Waals surface area (Å²) < 4.78 is 19.3. The van der Waals surface area contributed by atoms with Crippen molar-refractivity contribution in [2.75, 3.05) is 4.90 Å². The van der Waals surface area contributed by atoms with Crippen molar-refractivity contribution in [3.8, 4) is 5.75 Å². The van der Waals surface area contributed by atoms with Gasteiger partial charge in [-0.25, -0.2) is 4.39 Å². The van der Waals surface area contributed by atoms with E-state index in [9.17, 15) is 19.1 Å². The molecule has 5 nitrogen and oxygen atoms in total. The highest BCUT2D eigenvalue weighted by Gasteiger charge is 2.43. The van der Waals surface area contributed by atoms with Crippen molar-refractivity contribution in [1.82, 2.24) is 0 Å². The van der Waals surface area contributed by atoms with Crippen LogP contribution in [0.5, 0.6) is 5.75 Å². The van der Waals surface area contributed by atoms with Crippen LogP contribution in [0.3, 0.4) is 0 Å². The molecule has 0 saturated heterocycles. The Morgan fingerprint density at radius 3 is 2.31 bits per heavy atom. The molecule has 0 saturated carbocycles. The van der Waals surface area contributed by atoms with Crippen molar-refractivity contribution >= 4 is 22.6 Å². The summed E-state index contributed by atoms with van der Waals surface area (Å²) in [7, 11) is 0. The van der Waals surface area contributed by atoms with Crippen LogP contribution in [0.2, 0.25) is 0 Å². The van der Waals surface area contributed by atoms with E-state index in [-0.39, 0.29) is 22.5 Å². The Morgan fingerprint density at radius 2 is 1.59 bits per heavy atom. The normalized spacial score (nSPS) is 15.7. The number of halogens is 1. The van der Waals surface area contributed by atoms with Crippen molar-refractivity contribution in [3.05, 3.63) is 106 Å². The molecule has 5 rings (SSSR count). The zero-order valence-corrected chi connectivity index (χ0v) is 15.0. The summed E-state index contributed by atoms with van der Waals surface area (Å²) in [6.07, 6.45) is 0. The molecule has 1 unspecified atom stereocenters. The summed E-state index contributed by atoms with van der Waals surface area (Å²) in [5, 5.41) is 10.0. The third-order valence-electron chi connectivity index (χ3n) is 5.09. The molecule has 1 aliphatic rings. The second-order valence-corrected chi connectivity index (χ2v) is 6.82. The number of phenolic OH excluding ortho intramolecular Hbond substituents is 1. The summed E-state index contributed by atoms with van der Waals surface area (Å²) >= 11 is 0. The average molecular weight is 387 g/mol. The molecule has 1 atom stereocenters. The van der Waals surface area contributed by atoms with Crippen molar-refractivity contribution in [2.24, 2.45) is 0 Å². The number of benzene rings is 3. The molecule has 1 N–H and O–H groups in total. The molecule has 4 aromatic rings. The average Bonchev–Trinajstić information content (AvgIpc) is 3.02. The van der Waals surface area contributed by atoms with Crippen LogP contribution in [0.15, 0.2) is 82.0 Å². The number of aromatic hydroxyl groups is 1. The van der Waals surface area contributed by atoms with Gasteiger partial charge in [-0.1, -0.05) is 24.3 Å². The van der Waals surface area contributed by atoms with Gasteiger partial charge in [-0.05, 0) is 54.1 Å². The van der Waals surface area contributed by atoms with Crippen LogP contribution >= 0.6 is 0 Å². The van der Waals surface area contributed by atoms with Crippen molar-refractivity contribution < 1.29 is 18.7 Å². The van der Waals surface area contributed by atoms with Gasteiger partial charge in [-0.2, -0.15) is 0 Å². The first kappa shape index (κ1) is 17.2. The smallest absolute Gasteiger partial charge is 0.295 e. The van der Waals surface area contributed by atoms with Crippen LogP contribution in [-0.2, 0) is 0 Å². The van der Waals surface area contributed by atoms with E-state index < -0.39 is 17.8 Å². The molecular formula is C23H14FNO4. The Balaban J connectivity index is 1.81. The molecular weight excluding hydrogens is 373 g/mol. The third-order valence-corrected chi connectivity index (χ3v) is 5.09. The fraction of sp³-hybridized carbons (Fsp3) is 0.0435. The monoisotopic (exact) mass is 387 g/mol. The maximum atomic E-state index is 13.5. The molecule has 142 valence electrons. The summed E-state index contributed by atoms with van der Waals surface area (Å²) in [5.74, 6) is -0.875. The van der Waals surface area contributed by atoms with Crippen LogP contribution in [0.1, 0.15) is 27.7 Å². The van der Waals surface area contributed by atoms with Gasteiger partial charge in [-0.3, -0.25) is 14.5 Å². The minimum Gasteiger partial charge on any atom is -0.508 e.